The fourth-order valence-corrected chi connectivity index (χ4v) is 5.01. The summed E-state index contributed by atoms with van der Waals surface area (Å²) in [6, 6.07) is 9.93. The van der Waals surface area contributed by atoms with E-state index in [0.29, 0.717) is 49.5 Å². The van der Waals surface area contributed by atoms with Gasteiger partial charge in [-0.05, 0) is 30.8 Å². The number of carbonyl (C=O) groups is 1. The molecule has 1 fully saturated rings. The minimum absolute atomic E-state index is 0. The quantitative estimate of drug-likeness (QED) is 0.181. The Bertz CT molecular complexity index is 1600. The van der Waals surface area contributed by atoms with E-state index in [1.807, 2.05) is 11.8 Å². The molecule has 0 bridgehead atoms. The molecule has 0 aliphatic carbocycles. The maximum Gasteiger partial charge on any atom is 0.289 e. The van der Waals surface area contributed by atoms with Crippen molar-refractivity contribution in [3.05, 3.63) is 75.8 Å². The maximum absolute atomic E-state index is 15.2. The smallest absolute Gasteiger partial charge is 0.289 e. The summed E-state index contributed by atoms with van der Waals surface area (Å²) in [7, 11) is 1.52. The molecule has 1 aliphatic rings. The number of methoxy groups -OCH3 is 1. The van der Waals surface area contributed by atoms with Crippen LogP contribution in [0.25, 0.3) is 0 Å². The molecule has 1 aliphatic heterocycles. The summed E-state index contributed by atoms with van der Waals surface area (Å²) in [5.41, 5.74) is 0.676. The lowest BCUT2D eigenvalue weighted by atomic mass is 10.0. The van der Waals surface area contributed by atoms with E-state index in [1.54, 1.807) is 6.07 Å². The molecule has 220 valence electrons. The van der Waals surface area contributed by atoms with Gasteiger partial charge in [-0.2, -0.15) is 9.49 Å². The van der Waals surface area contributed by atoms with Gasteiger partial charge in [0.05, 0.1) is 25.2 Å². The van der Waals surface area contributed by atoms with Gasteiger partial charge in [0, 0.05) is 58.5 Å². The van der Waals surface area contributed by atoms with Gasteiger partial charge in [-0.25, -0.2) is 14.4 Å². The fourth-order valence-electron chi connectivity index (χ4n) is 4.26. The number of nitroso groups, excluding NO2 is 1. The van der Waals surface area contributed by atoms with E-state index in [9.17, 15) is 14.1 Å². The predicted molar refractivity (Wildman–Crippen MR) is 149 cm³/mol. The van der Waals surface area contributed by atoms with Gasteiger partial charge in [-0.3, -0.25) is 9.89 Å². The first-order valence-corrected chi connectivity index (χ1v) is 13.4. The van der Waals surface area contributed by atoms with Crippen molar-refractivity contribution in [2.75, 3.05) is 43.6 Å². The number of nitrogens with one attached hydrogen (secondary N) is 3. The second-order valence-corrected chi connectivity index (χ2v) is 10.1. The van der Waals surface area contributed by atoms with Crippen LogP contribution in [0.4, 0.5) is 31.9 Å². The van der Waals surface area contributed by atoms with E-state index in [-0.39, 0.29) is 38.8 Å². The Morgan fingerprint density at radius 3 is 2.64 bits per heavy atom. The summed E-state index contributed by atoms with van der Waals surface area (Å²) in [5.74, 6) is -0.188. The second kappa shape index (κ2) is 13.5. The number of nitrogens with zero attached hydrogens (tertiary/aromatic N) is 4. The first kappa shape index (κ1) is 30.5. The number of anilines is 3. The summed E-state index contributed by atoms with van der Waals surface area (Å²) in [5, 5.41) is 11.9. The van der Waals surface area contributed by atoms with Crippen LogP contribution in [0.2, 0.25) is 0 Å². The van der Waals surface area contributed by atoms with Crippen molar-refractivity contribution in [3.8, 4) is 5.75 Å². The zero-order valence-corrected chi connectivity index (χ0v) is 23.4. The van der Waals surface area contributed by atoms with Crippen LogP contribution >= 0.6 is 11.8 Å². The minimum Gasteiger partial charge on any atom is -0.870 e. The lowest BCUT2D eigenvalue weighted by Gasteiger charge is -2.29. The molecule has 0 radical (unpaired) electrons. The number of carbonyl (C=O) groups excluding carboxylic acids is 1. The molecule has 15 heteroatoms. The van der Waals surface area contributed by atoms with Gasteiger partial charge in [-0.15, -0.1) is 0 Å². The van der Waals surface area contributed by atoms with Gasteiger partial charge in [0.1, 0.15) is 5.82 Å². The third kappa shape index (κ3) is 6.70. The molecule has 0 unspecified atom stereocenters. The van der Waals surface area contributed by atoms with Crippen molar-refractivity contribution in [1.29, 1.82) is 0 Å². The molecule has 42 heavy (non-hydrogen) atoms. The van der Waals surface area contributed by atoms with Gasteiger partial charge < -0.3 is 25.2 Å². The average Bonchev–Trinajstić information content (AvgIpc) is 3.39. The summed E-state index contributed by atoms with van der Waals surface area (Å²) >= 11 is 0.980. The lowest BCUT2D eigenvalue weighted by molar-refractivity contribution is -0.382. The van der Waals surface area contributed by atoms with E-state index >= 15 is 4.39 Å². The molecule has 4 aromatic rings. The number of halogens is 2. The number of H-pyrrole nitrogens is 1. The third-order valence-electron chi connectivity index (χ3n) is 6.29. The average molecular weight is 600 g/mol. The molecule has 0 spiro atoms. The summed E-state index contributed by atoms with van der Waals surface area (Å²) < 4.78 is 40.8. The van der Waals surface area contributed by atoms with Crippen molar-refractivity contribution < 1.29 is 33.7 Å². The summed E-state index contributed by atoms with van der Waals surface area (Å²) in [6.45, 7) is 4.06. The monoisotopic (exact) mass is 599 g/mol. The van der Waals surface area contributed by atoms with E-state index in [0.717, 1.165) is 23.5 Å². The molecular formula is C27H27F2N7O5S. The van der Waals surface area contributed by atoms with Crippen molar-refractivity contribution in [2.24, 2.45) is 0 Å². The number of aromatic amines is 1. The summed E-state index contributed by atoms with van der Waals surface area (Å²) in [4.78, 5) is 35.1. The molecule has 3 heterocycles. The van der Waals surface area contributed by atoms with Crippen LogP contribution in [0.5, 0.6) is 5.75 Å². The number of benzene rings is 2. The standard InChI is InChI=1S/C27H25F2N7O4S.H2O/c1-15-12-22(34-33-15)30-25-24(39-2)26(36-8-10-40-11-9-36)32-27(31-25)41-21-7-6-16(13-18(21)28)20(37)14-17-4-3-5-19(35-38)23(17)29;/h3-7,12-13H,8-11,14H2,1-2H3,(H2,30,31,32,33,34);1H2. The Morgan fingerprint density at radius 1 is 1.19 bits per heavy atom. The Morgan fingerprint density at radius 2 is 1.98 bits per heavy atom. The zero-order valence-electron chi connectivity index (χ0n) is 22.6. The zero-order chi connectivity index (χ0) is 28.9. The number of hydrogen-bond donors (Lipinski definition) is 3. The number of Topliss-reactive ketones (excluding diaryl/α,β-unsaturated/α-hetero) is 1. The largest absolute Gasteiger partial charge is 0.870 e. The predicted octanol–water partition coefficient (Wildman–Crippen LogP) is 3.25. The fraction of sp³-hybridized carbons (Fsp3) is 0.259. The number of ketones is 1. The number of aryl methyl sites for hydroxylation is 1. The van der Waals surface area contributed by atoms with Crippen LogP contribution in [-0.4, -0.2) is 64.8 Å². The van der Waals surface area contributed by atoms with Crippen molar-refractivity contribution in [2.45, 2.75) is 23.4 Å². The molecule has 2 aromatic heterocycles. The number of morpholine rings is 1. The number of ether oxygens (including phenoxy) is 2. The Labute approximate surface area is 243 Å². The molecule has 12 nitrogen and oxygen atoms in total. The van der Waals surface area contributed by atoms with Gasteiger partial charge in [0.25, 0.3) is 5.69 Å². The van der Waals surface area contributed by atoms with Gasteiger partial charge in [-0.1, -0.05) is 18.2 Å². The first-order chi connectivity index (χ1) is 19.9. The van der Waals surface area contributed by atoms with Crippen LogP contribution in [0, 0.1) is 23.5 Å². The second-order valence-electron chi connectivity index (χ2n) is 9.10. The molecular weight excluding hydrogens is 572 g/mol. The molecule has 0 amide bonds. The van der Waals surface area contributed by atoms with Gasteiger partial charge in [0.15, 0.2) is 28.4 Å². The van der Waals surface area contributed by atoms with E-state index in [2.05, 4.69) is 25.5 Å². The van der Waals surface area contributed by atoms with Crippen LogP contribution in [0.1, 0.15) is 21.6 Å². The Kier molecular flexibility index (Phi) is 9.77. The molecule has 4 N–H and O–H groups in total. The van der Waals surface area contributed by atoms with Crippen LogP contribution in [0.3, 0.4) is 0 Å². The van der Waals surface area contributed by atoms with Crippen molar-refractivity contribution in [3.63, 3.8) is 0 Å². The SMILES string of the molecule is COc1c(Nc2cc(C)[nH]n2)nc(Sc2ccc(C(=O)Cc3cccc([NH+]=O)c3F)cc2F)nc1N1CCOCC1.[OH-]. The van der Waals surface area contributed by atoms with E-state index in [4.69, 9.17) is 9.47 Å². The normalized spacial score (nSPS) is 12.9. The van der Waals surface area contributed by atoms with Crippen molar-refractivity contribution >= 4 is 40.7 Å². The van der Waals surface area contributed by atoms with Crippen LogP contribution < -0.4 is 20.1 Å². The molecule has 0 saturated carbocycles. The summed E-state index contributed by atoms with van der Waals surface area (Å²) in [6.07, 6.45) is -0.334. The minimum atomic E-state index is -0.814. The highest BCUT2D eigenvalue weighted by atomic mass is 32.2. The Hall–Kier alpha value is -4.47. The van der Waals surface area contributed by atoms with Crippen molar-refractivity contribution in [1.82, 2.24) is 20.2 Å². The molecule has 1 saturated heterocycles. The molecule has 5 rings (SSSR count). The number of rotatable bonds is 10. The molecule has 0 atom stereocenters. The number of hydrogen-bond acceptors (Lipinski definition) is 11. The highest BCUT2D eigenvalue weighted by Gasteiger charge is 2.24. The highest BCUT2D eigenvalue weighted by molar-refractivity contribution is 7.99. The topological polar surface area (TPSA) is 166 Å². The highest BCUT2D eigenvalue weighted by Crippen LogP contribution is 2.39. The van der Waals surface area contributed by atoms with E-state index < -0.39 is 17.4 Å². The lowest BCUT2D eigenvalue weighted by Crippen LogP contribution is -2.56. The third-order valence-corrected chi connectivity index (χ3v) is 7.21. The van der Waals surface area contributed by atoms with E-state index in [1.165, 1.54) is 42.6 Å². The van der Waals surface area contributed by atoms with Crippen LogP contribution in [0.15, 0.2) is 52.5 Å². The van der Waals surface area contributed by atoms with Gasteiger partial charge in [0.2, 0.25) is 11.6 Å². The first-order valence-electron chi connectivity index (χ1n) is 12.6. The van der Waals surface area contributed by atoms with Crippen LogP contribution in [-0.2, 0) is 11.2 Å². The molecule has 2 aromatic carbocycles. The Balaban J connectivity index is 0.00000405. The number of aromatic nitrogens is 4. The van der Waals surface area contributed by atoms with Gasteiger partial charge >= 0.3 is 0 Å². The maximum atomic E-state index is 15.2.